The van der Waals surface area contributed by atoms with Crippen LogP contribution in [0.4, 0.5) is 0 Å². The molecule has 3 aliphatic rings. The third-order valence-corrected chi connectivity index (χ3v) is 7.61. The summed E-state index contributed by atoms with van der Waals surface area (Å²) in [5.41, 5.74) is 7.30. The number of hydrogen-bond acceptors (Lipinski definition) is 5. The monoisotopic (exact) mass is 456 g/mol. The summed E-state index contributed by atoms with van der Waals surface area (Å²) in [7, 11) is 0. The molecule has 2 saturated heterocycles. The molecule has 2 aliphatic heterocycles. The maximum atomic E-state index is 13.4. The minimum atomic E-state index is -0.417. The lowest BCUT2D eigenvalue weighted by molar-refractivity contribution is -0.142. The molecule has 3 atom stereocenters. The fraction of sp³-hybridized carbons (Fsp3) is 0.692. The van der Waals surface area contributed by atoms with Crippen molar-refractivity contribution in [1.29, 1.82) is 0 Å². The van der Waals surface area contributed by atoms with Crippen molar-refractivity contribution >= 4 is 11.8 Å². The van der Waals surface area contributed by atoms with E-state index in [2.05, 4.69) is 34.5 Å². The number of piperidine rings is 1. The number of carbonyl (C=O) groups excluding carboxylic acids is 2. The second kappa shape index (κ2) is 11.4. The first kappa shape index (κ1) is 24.2. The number of benzene rings is 1. The topological polar surface area (TPSA) is 87.9 Å². The van der Waals surface area contributed by atoms with Crippen molar-refractivity contribution in [2.45, 2.75) is 95.1 Å². The van der Waals surface area contributed by atoms with Crippen LogP contribution in [0.3, 0.4) is 0 Å². The molecule has 0 bridgehead atoms. The van der Waals surface area contributed by atoms with Gasteiger partial charge in [-0.3, -0.25) is 14.5 Å². The van der Waals surface area contributed by atoms with E-state index in [0.717, 1.165) is 64.6 Å². The van der Waals surface area contributed by atoms with Gasteiger partial charge in [-0.1, -0.05) is 30.3 Å². The minimum absolute atomic E-state index is 0.00727. The predicted molar refractivity (Wildman–Crippen MR) is 128 cm³/mol. The molecule has 1 aliphatic carbocycles. The first-order chi connectivity index (χ1) is 16.0. The largest absolute Gasteiger partial charge is 0.377 e. The number of nitrogens with two attached hydrogens (primary N) is 1. The summed E-state index contributed by atoms with van der Waals surface area (Å²) in [5, 5.41) is 3.24. The van der Waals surface area contributed by atoms with E-state index >= 15 is 0 Å². The normalized spacial score (nSPS) is 30.4. The summed E-state index contributed by atoms with van der Waals surface area (Å²) in [6.45, 7) is 4.73. The van der Waals surface area contributed by atoms with Gasteiger partial charge in [-0.25, -0.2) is 0 Å². The summed E-state index contributed by atoms with van der Waals surface area (Å²) in [4.78, 5) is 30.0. The van der Waals surface area contributed by atoms with Crippen molar-refractivity contribution in [1.82, 2.24) is 15.1 Å². The number of ether oxygens (including phenoxy) is 1. The van der Waals surface area contributed by atoms with Crippen molar-refractivity contribution in [3.05, 3.63) is 35.9 Å². The molecule has 2 unspecified atom stereocenters. The van der Waals surface area contributed by atoms with E-state index in [1.165, 1.54) is 5.56 Å². The van der Waals surface area contributed by atoms with Crippen LogP contribution in [0, 0.1) is 0 Å². The van der Waals surface area contributed by atoms with Gasteiger partial charge >= 0.3 is 0 Å². The SMILES string of the molecule is CC(=O)N1CCC(N(Cc2ccccc2)CC2CCCO2)C[C@@H]1C(=O)NC1CCC(N)CC1. The maximum Gasteiger partial charge on any atom is 0.243 e. The lowest BCUT2D eigenvalue weighted by Crippen LogP contribution is -2.58. The van der Waals surface area contributed by atoms with E-state index in [1.807, 2.05) is 6.07 Å². The number of nitrogens with one attached hydrogen (secondary N) is 1. The Morgan fingerprint density at radius 2 is 1.88 bits per heavy atom. The van der Waals surface area contributed by atoms with Crippen molar-refractivity contribution in [2.75, 3.05) is 19.7 Å². The van der Waals surface area contributed by atoms with Gasteiger partial charge in [-0.2, -0.15) is 0 Å². The fourth-order valence-corrected chi connectivity index (χ4v) is 5.68. The van der Waals surface area contributed by atoms with E-state index in [4.69, 9.17) is 10.5 Å². The van der Waals surface area contributed by atoms with E-state index < -0.39 is 6.04 Å². The molecule has 7 nitrogen and oxygen atoms in total. The molecule has 2 heterocycles. The third-order valence-electron chi connectivity index (χ3n) is 7.61. The van der Waals surface area contributed by atoms with Crippen LogP contribution < -0.4 is 11.1 Å². The maximum absolute atomic E-state index is 13.4. The molecule has 2 amide bonds. The van der Waals surface area contributed by atoms with Gasteiger partial charge in [0.15, 0.2) is 0 Å². The molecule has 182 valence electrons. The highest BCUT2D eigenvalue weighted by molar-refractivity contribution is 5.87. The fourth-order valence-electron chi connectivity index (χ4n) is 5.68. The minimum Gasteiger partial charge on any atom is -0.377 e. The molecule has 4 rings (SSSR count). The van der Waals surface area contributed by atoms with Gasteiger partial charge in [0.05, 0.1) is 6.10 Å². The van der Waals surface area contributed by atoms with Crippen LogP contribution in [0.1, 0.15) is 63.9 Å². The van der Waals surface area contributed by atoms with E-state index in [-0.39, 0.29) is 36.0 Å². The molecule has 33 heavy (non-hydrogen) atoms. The molecule has 1 aromatic carbocycles. The summed E-state index contributed by atoms with van der Waals surface area (Å²) >= 11 is 0. The number of likely N-dealkylation sites (tertiary alicyclic amines) is 1. The molecule has 1 saturated carbocycles. The smallest absolute Gasteiger partial charge is 0.243 e. The van der Waals surface area contributed by atoms with Crippen LogP contribution in [0.2, 0.25) is 0 Å². The number of nitrogens with zero attached hydrogens (tertiary/aromatic N) is 2. The van der Waals surface area contributed by atoms with Crippen LogP contribution in [0.5, 0.6) is 0 Å². The Labute approximate surface area is 198 Å². The lowest BCUT2D eigenvalue weighted by atomic mass is 9.90. The van der Waals surface area contributed by atoms with Crippen LogP contribution >= 0.6 is 0 Å². The summed E-state index contributed by atoms with van der Waals surface area (Å²) in [6, 6.07) is 10.7. The van der Waals surface area contributed by atoms with E-state index in [1.54, 1.807) is 11.8 Å². The lowest BCUT2D eigenvalue weighted by Gasteiger charge is -2.43. The first-order valence-corrected chi connectivity index (χ1v) is 12.7. The number of hydrogen-bond donors (Lipinski definition) is 2. The van der Waals surface area contributed by atoms with Crippen LogP contribution in [0.25, 0.3) is 0 Å². The highest BCUT2D eigenvalue weighted by Gasteiger charge is 2.38. The Morgan fingerprint density at radius 1 is 1.12 bits per heavy atom. The van der Waals surface area contributed by atoms with E-state index in [0.29, 0.717) is 13.0 Å². The highest BCUT2D eigenvalue weighted by Crippen LogP contribution is 2.27. The third kappa shape index (κ3) is 6.55. The summed E-state index contributed by atoms with van der Waals surface area (Å²) in [6.07, 6.45) is 7.72. The quantitative estimate of drug-likeness (QED) is 0.658. The van der Waals surface area contributed by atoms with Crippen molar-refractivity contribution < 1.29 is 14.3 Å². The first-order valence-electron chi connectivity index (χ1n) is 12.7. The average Bonchev–Trinajstić information content (AvgIpc) is 3.33. The molecule has 0 radical (unpaired) electrons. The molecular formula is C26H40N4O3. The van der Waals surface area contributed by atoms with Crippen LogP contribution in [0.15, 0.2) is 30.3 Å². The molecule has 1 aromatic rings. The average molecular weight is 457 g/mol. The Bertz CT molecular complexity index is 775. The zero-order valence-electron chi connectivity index (χ0n) is 20.0. The van der Waals surface area contributed by atoms with Crippen molar-refractivity contribution in [3.63, 3.8) is 0 Å². The van der Waals surface area contributed by atoms with Gasteiger partial charge in [0.25, 0.3) is 0 Å². The number of carbonyl (C=O) groups is 2. The number of amides is 2. The number of rotatable bonds is 7. The van der Waals surface area contributed by atoms with Crippen LogP contribution in [-0.2, 0) is 20.9 Å². The highest BCUT2D eigenvalue weighted by atomic mass is 16.5. The van der Waals surface area contributed by atoms with Crippen molar-refractivity contribution in [3.8, 4) is 0 Å². The van der Waals surface area contributed by atoms with Gasteiger partial charge in [0.1, 0.15) is 6.04 Å². The molecular weight excluding hydrogens is 416 g/mol. The Hall–Kier alpha value is -1.96. The molecule has 3 N–H and O–H groups in total. The molecule has 0 aromatic heterocycles. The van der Waals surface area contributed by atoms with Crippen molar-refractivity contribution in [2.24, 2.45) is 5.73 Å². The Morgan fingerprint density at radius 3 is 2.55 bits per heavy atom. The zero-order chi connectivity index (χ0) is 23.2. The van der Waals surface area contributed by atoms with Gasteiger partial charge < -0.3 is 20.7 Å². The molecule has 0 spiro atoms. The zero-order valence-corrected chi connectivity index (χ0v) is 20.0. The Balaban J connectivity index is 1.46. The van der Waals surface area contributed by atoms with Crippen LogP contribution in [-0.4, -0.2) is 71.6 Å². The molecule has 7 heteroatoms. The molecule has 3 fully saturated rings. The summed E-state index contributed by atoms with van der Waals surface area (Å²) < 4.78 is 5.96. The van der Waals surface area contributed by atoms with Gasteiger partial charge in [-0.15, -0.1) is 0 Å². The second-order valence-corrected chi connectivity index (χ2v) is 10.1. The predicted octanol–water partition coefficient (Wildman–Crippen LogP) is 2.43. The summed E-state index contributed by atoms with van der Waals surface area (Å²) in [5.74, 6) is -0.0276. The Kier molecular flexibility index (Phi) is 8.39. The van der Waals surface area contributed by atoms with Gasteiger partial charge in [-0.05, 0) is 56.9 Å². The second-order valence-electron chi connectivity index (χ2n) is 10.1. The van der Waals surface area contributed by atoms with Gasteiger partial charge in [0, 0.05) is 51.3 Å². The van der Waals surface area contributed by atoms with E-state index in [9.17, 15) is 9.59 Å². The standard InChI is InChI=1S/C26H40N4O3/c1-19(31)30-14-13-23(16-25(30)26(32)28-22-11-9-21(27)10-12-22)29(18-24-8-5-15-33-24)17-20-6-3-2-4-7-20/h2-4,6-7,21-25H,5,8-18,27H2,1H3,(H,28,32)/t21?,22?,23?,24?,25-/m1/s1. The van der Waals surface area contributed by atoms with Gasteiger partial charge in [0.2, 0.25) is 11.8 Å².